The van der Waals surface area contributed by atoms with E-state index in [1.54, 1.807) is 30.3 Å². The van der Waals surface area contributed by atoms with Gasteiger partial charge in [0.1, 0.15) is 0 Å². The predicted molar refractivity (Wildman–Crippen MR) is 70.7 cm³/mol. The first-order valence-electron chi connectivity index (χ1n) is 5.81. The molecule has 20 heavy (non-hydrogen) atoms. The van der Waals surface area contributed by atoms with E-state index in [1.807, 2.05) is 0 Å². The maximum Gasteiger partial charge on any atom is 0.312 e. The second-order valence-corrected chi connectivity index (χ2v) is 5.78. The third kappa shape index (κ3) is 3.25. The van der Waals surface area contributed by atoms with Crippen molar-refractivity contribution in [1.29, 1.82) is 0 Å². The second kappa shape index (κ2) is 5.89. The molecule has 0 aliphatic carbocycles. The molecule has 7 heteroatoms. The molecule has 2 N–H and O–H groups in total. The summed E-state index contributed by atoms with van der Waals surface area (Å²) in [5.41, 5.74) is 0.530. The Kier molecular flexibility index (Phi) is 4.21. The van der Waals surface area contributed by atoms with E-state index in [-0.39, 0.29) is 11.6 Å². The van der Waals surface area contributed by atoms with E-state index in [4.69, 9.17) is 4.42 Å². The van der Waals surface area contributed by atoms with Crippen molar-refractivity contribution in [3.8, 4) is 0 Å². The summed E-state index contributed by atoms with van der Waals surface area (Å²) < 4.78 is 30.7. The van der Waals surface area contributed by atoms with Crippen molar-refractivity contribution in [3.63, 3.8) is 0 Å². The molecule has 0 amide bonds. The fourth-order valence-electron chi connectivity index (χ4n) is 1.71. The average Bonchev–Trinajstić information content (AvgIpc) is 2.94. The molecule has 2 rings (SSSR count). The SMILES string of the molecule is O=C(O)C(CNS(=O)(=O)c1ccco1)c1ccccc1. The molecular weight excluding hydrogens is 282 g/mol. The van der Waals surface area contributed by atoms with Crippen molar-refractivity contribution in [2.24, 2.45) is 0 Å². The zero-order valence-electron chi connectivity index (χ0n) is 10.4. The summed E-state index contributed by atoms with van der Waals surface area (Å²) in [5.74, 6) is -2.06. The minimum atomic E-state index is -3.83. The Hall–Kier alpha value is -2.12. The van der Waals surface area contributed by atoms with E-state index < -0.39 is 21.9 Å². The number of carboxylic acids is 1. The summed E-state index contributed by atoms with van der Waals surface area (Å²) in [6, 6.07) is 11.2. The van der Waals surface area contributed by atoms with Crippen LogP contribution in [0.25, 0.3) is 0 Å². The lowest BCUT2D eigenvalue weighted by molar-refractivity contribution is -0.138. The van der Waals surface area contributed by atoms with Crippen molar-refractivity contribution in [2.45, 2.75) is 11.0 Å². The molecular formula is C13H13NO5S. The van der Waals surface area contributed by atoms with Crippen LogP contribution in [0.3, 0.4) is 0 Å². The zero-order valence-corrected chi connectivity index (χ0v) is 11.2. The summed E-state index contributed by atoms with van der Waals surface area (Å²) in [4.78, 5) is 11.2. The van der Waals surface area contributed by atoms with Gasteiger partial charge >= 0.3 is 5.97 Å². The Bertz CT molecular complexity index is 664. The molecule has 0 aliphatic heterocycles. The number of hydrogen-bond acceptors (Lipinski definition) is 4. The molecule has 0 saturated heterocycles. The molecule has 1 aromatic heterocycles. The van der Waals surface area contributed by atoms with Crippen LogP contribution < -0.4 is 4.72 Å². The Morgan fingerprint density at radius 3 is 2.45 bits per heavy atom. The van der Waals surface area contributed by atoms with Crippen LogP contribution >= 0.6 is 0 Å². The molecule has 0 fully saturated rings. The van der Waals surface area contributed by atoms with Crippen LogP contribution in [0, 0.1) is 0 Å². The summed E-state index contributed by atoms with van der Waals surface area (Å²) in [7, 11) is -3.83. The van der Waals surface area contributed by atoms with Crippen LogP contribution in [0.4, 0.5) is 0 Å². The topological polar surface area (TPSA) is 96.6 Å². The molecule has 0 aliphatic rings. The minimum absolute atomic E-state index is 0.241. The normalized spacial score (nSPS) is 13.0. The first kappa shape index (κ1) is 14.3. The molecule has 0 saturated carbocycles. The number of aliphatic carboxylic acids is 1. The lowest BCUT2D eigenvalue weighted by Gasteiger charge is -2.13. The van der Waals surface area contributed by atoms with Gasteiger partial charge in [0, 0.05) is 6.54 Å². The fraction of sp³-hybridized carbons (Fsp3) is 0.154. The maximum absolute atomic E-state index is 11.9. The van der Waals surface area contributed by atoms with Gasteiger partial charge in [-0.25, -0.2) is 13.1 Å². The van der Waals surface area contributed by atoms with Crippen LogP contribution in [0.1, 0.15) is 11.5 Å². The molecule has 1 atom stereocenters. The number of benzene rings is 1. The van der Waals surface area contributed by atoms with Crippen molar-refractivity contribution >= 4 is 16.0 Å². The second-order valence-electron chi connectivity index (χ2n) is 4.09. The van der Waals surface area contributed by atoms with Gasteiger partial charge in [-0.15, -0.1) is 0 Å². The Morgan fingerprint density at radius 1 is 1.20 bits per heavy atom. The largest absolute Gasteiger partial charge is 0.481 e. The lowest BCUT2D eigenvalue weighted by atomic mass is 10.00. The van der Waals surface area contributed by atoms with Crippen LogP contribution in [-0.4, -0.2) is 26.0 Å². The summed E-state index contributed by atoms with van der Waals surface area (Å²) >= 11 is 0. The molecule has 6 nitrogen and oxygen atoms in total. The number of nitrogens with one attached hydrogen (secondary N) is 1. The number of sulfonamides is 1. The molecule has 106 valence electrons. The van der Waals surface area contributed by atoms with Gasteiger partial charge in [0.2, 0.25) is 5.09 Å². The first-order chi connectivity index (χ1) is 9.50. The molecule has 1 aromatic carbocycles. The Labute approximate surface area is 116 Å². The number of hydrogen-bond donors (Lipinski definition) is 2. The average molecular weight is 295 g/mol. The molecule has 0 spiro atoms. The highest BCUT2D eigenvalue weighted by Crippen LogP contribution is 2.16. The van der Waals surface area contributed by atoms with Gasteiger partial charge in [-0.05, 0) is 17.7 Å². The Morgan fingerprint density at radius 2 is 1.90 bits per heavy atom. The van der Waals surface area contributed by atoms with Gasteiger partial charge in [0.25, 0.3) is 10.0 Å². The maximum atomic E-state index is 11.9. The van der Waals surface area contributed by atoms with Crippen molar-refractivity contribution in [1.82, 2.24) is 4.72 Å². The van der Waals surface area contributed by atoms with Gasteiger partial charge in [-0.1, -0.05) is 30.3 Å². The van der Waals surface area contributed by atoms with Gasteiger partial charge < -0.3 is 9.52 Å². The minimum Gasteiger partial charge on any atom is -0.481 e. The van der Waals surface area contributed by atoms with Gasteiger partial charge in [0.15, 0.2) is 0 Å². The number of carboxylic acid groups (broad SMARTS) is 1. The van der Waals surface area contributed by atoms with Crippen LogP contribution in [0.5, 0.6) is 0 Å². The van der Waals surface area contributed by atoms with E-state index in [2.05, 4.69) is 4.72 Å². The van der Waals surface area contributed by atoms with E-state index in [0.717, 1.165) is 0 Å². The number of furan rings is 1. The predicted octanol–water partition coefficient (Wildman–Crippen LogP) is 1.43. The van der Waals surface area contributed by atoms with Gasteiger partial charge in [0.05, 0.1) is 12.2 Å². The molecule has 0 radical (unpaired) electrons. The molecule has 1 unspecified atom stereocenters. The number of rotatable bonds is 6. The van der Waals surface area contributed by atoms with Crippen LogP contribution in [0.2, 0.25) is 0 Å². The fourth-order valence-corrected chi connectivity index (χ4v) is 2.68. The standard InChI is InChI=1S/C13H13NO5S/c15-13(16)11(10-5-2-1-3-6-10)9-14-20(17,18)12-7-4-8-19-12/h1-8,11,14H,9H2,(H,15,16). The van der Waals surface area contributed by atoms with E-state index in [9.17, 15) is 18.3 Å². The highest BCUT2D eigenvalue weighted by Gasteiger charge is 2.24. The lowest BCUT2D eigenvalue weighted by Crippen LogP contribution is -2.31. The van der Waals surface area contributed by atoms with Crippen molar-refractivity contribution < 1.29 is 22.7 Å². The quantitative estimate of drug-likeness (QED) is 0.840. The monoisotopic (exact) mass is 295 g/mol. The Balaban J connectivity index is 2.13. The third-order valence-corrected chi connectivity index (χ3v) is 4.05. The summed E-state index contributed by atoms with van der Waals surface area (Å²) in [6.07, 6.45) is 1.24. The van der Waals surface area contributed by atoms with Crippen molar-refractivity contribution in [2.75, 3.05) is 6.54 Å². The third-order valence-electron chi connectivity index (χ3n) is 2.74. The van der Waals surface area contributed by atoms with E-state index >= 15 is 0 Å². The van der Waals surface area contributed by atoms with Crippen LogP contribution in [0.15, 0.2) is 58.2 Å². The van der Waals surface area contributed by atoms with Gasteiger partial charge in [-0.2, -0.15) is 0 Å². The van der Waals surface area contributed by atoms with E-state index in [1.165, 1.54) is 18.4 Å². The van der Waals surface area contributed by atoms with Gasteiger partial charge in [-0.3, -0.25) is 4.79 Å². The summed E-state index contributed by atoms with van der Waals surface area (Å²) in [5, 5.41) is 8.95. The van der Waals surface area contributed by atoms with Crippen LogP contribution in [-0.2, 0) is 14.8 Å². The molecule has 0 bridgehead atoms. The molecule has 2 aromatic rings. The zero-order chi connectivity index (χ0) is 14.6. The summed E-state index contributed by atoms with van der Waals surface area (Å²) in [6.45, 7) is -0.248. The number of carbonyl (C=O) groups is 1. The highest BCUT2D eigenvalue weighted by atomic mass is 32.2. The first-order valence-corrected chi connectivity index (χ1v) is 7.30. The van der Waals surface area contributed by atoms with E-state index in [0.29, 0.717) is 5.56 Å². The smallest absolute Gasteiger partial charge is 0.312 e. The highest BCUT2D eigenvalue weighted by molar-refractivity contribution is 7.89. The molecule has 1 heterocycles. The van der Waals surface area contributed by atoms with Crippen molar-refractivity contribution in [3.05, 3.63) is 54.3 Å².